The standard InChI is InChI=1S/C11H13NO4/c13-12(14)9-3-1-4-10(7-9)16-8-11-5-2-6-15-11/h1,3-4,7,11H,2,5-6,8H2. The van der Waals surface area contributed by atoms with Crippen LogP contribution in [0.3, 0.4) is 0 Å². The highest BCUT2D eigenvalue weighted by atomic mass is 16.6. The Bertz CT molecular complexity index is 374. The van der Waals surface area contributed by atoms with Crippen LogP contribution in [0.5, 0.6) is 5.75 Å². The Labute approximate surface area is 93.1 Å². The van der Waals surface area contributed by atoms with Crippen molar-refractivity contribution in [2.45, 2.75) is 18.9 Å². The Morgan fingerprint density at radius 3 is 3.12 bits per heavy atom. The smallest absolute Gasteiger partial charge is 0.273 e. The van der Waals surface area contributed by atoms with E-state index in [0.29, 0.717) is 12.4 Å². The summed E-state index contributed by atoms with van der Waals surface area (Å²) in [6.07, 6.45) is 2.18. The highest BCUT2D eigenvalue weighted by Gasteiger charge is 2.16. The molecule has 16 heavy (non-hydrogen) atoms. The van der Waals surface area contributed by atoms with Gasteiger partial charge in [0.2, 0.25) is 0 Å². The van der Waals surface area contributed by atoms with E-state index >= 15 is 0 Å². The molecule has 0 spiro atoms. The molecule has 1 heterocycles. The maximum atomic E-state index is 10.5. The molecule has 0 saturated carbocycles. The van der Waals surface area contributed by atoms with E-state index in [9.17, 15) is 10.1 Å². The minimum Gasteiger partial charge on any atom is -0.491 e. The van der Waals surface area contributed by atoms with Crippen LogP contribution in [0.1, 0.15) is 12.8 Å². The van der Waals surface area contributed by atoms with Gasteiger partial charge in [-0.3, -0.25) is 10.1 Å². The lowest BCUT2D eigenvalue weighted by atomic mass is 10.2. The fraction of sp³-hybridized carbons (Fsp3) is 0.455. The predicted octanol–water partition coefficient (Wildman–Crippen LogP) is 2.15. The van der Waals surface area contributed by atoms with Gasteiger partial charge in [0, 0.05) is 12.7 Å². The van der Waals surface area contributed by atoms with E-state index in [0.717, 1.165) is 19.4 Å². The Hall–Kier alpha value is -1.62. The van der Waals surface area contributed by atoms with Crippen molar-refractivity contribution in [3.63, 3.8) is 0 Å². The SMILES string of the molecule is O=[N+]([O-])c1cccc(OCC2CCCO2)c1. The molecule has 5 heteroatoms. The van der Waals surface area contributed by atoms with E-state index in [1.165, 1.54) is 12.1 Å². The van der Waals surface area contributed by atoms with Crippen molar-refractivity contribution in [2.24, 2.45) is 0 Å². The van der Waals surface area contributed by atoms with E-state index in [1.807, 2.05) is 0 Å². The summed E-state index contributed by atoms with van der Waals surface area (Å²) in [6.45, 7) is 1.24. The zero-order valence-electron chi connectivity index (χ0n) is 8.80. The number of ether oxygens (including phenoxy) is 2. The topological polar surface area (TPSA) is 61.6 Å². The van der Waals surface area contributed by atoms with Crippen LogP contribution in [0, 0.1) is 10.1 Å². The average molecular weight is 223 g/mol. The van der Waals surface area contributed by atoms with Crippen LogP contribution < -0.4 is 4.74 Å². The molecule has 0 N–H and O–H groups in total. The predicted molar refractivity (Wildman–Crippen MR) is 57.6 cm³/mol. The molecule has 86 valence electrons. The molecule has 2 rings (SSSR count). The molecule has 1 aromatic carbocycles. The molecule has 0 bridgehead atoms. The summed E-state index contributed by atoms with van der Waals surface area (Å²) >= 11 is 0. The van der Waals surface area contributed by atoms with Crippen LogP contribution in [0.4, 0.5) is 5.69 Å². The molecule has 1 aromatic rings. The molecule has 0 radical (unpaired) electrons. The number of nitrogens with zero attached hydrogens (tertiary/aromatic N) is 1. The normalized spacial score (nSPS) is 19.6. The largest absolute Gasteiger partial charge is 0.491 e. The fourth-order valence-corrected chi connectivity index (χ4v) is 1.65. The first-order valence-electron chi connectivity index (χ1n) is 5.24. The molecular weight excluding hydrogens is 210 g/mol. The third kappa shape index (κ3) is 2.70. The van der Waals surface area contributed by atoms with Crippen LogP contribution in [-0.4, -0.2) is 24.2 Å². The van der Waals surface area contributed by atoms with Gasteiger partial charge in [-0.05, 0) is 18.9 Å². The molecule has 1 aliphatic heterocycles. The van der Waals surface area contributed by atoms with E-state index in [1.54, 1.807) is 12.1 Å². The first-order chi connectivity index (χ1) is 7.75. The fourth-order valence-electron chi connectivity index (χ4n) is 1.65. The zero-order chi connectivity index (χ0) is 11.4. The Kier molecular flexibility index (Phi) is 3.36. The number of hydrogen-bond acceptors (Lipinski definition) is 4. The molecule has 0 aliphatic carbocycles. The van der Waals surface area contributed by atoms with Crippen LogP contribution in [0.2, 0.25) is 0 Å². The third-order valence-electron chi connectivity index (χ3n) is 2.49. The number of non-ortho nitro benzene ring substituents is 1. The number of benzene rings is 1. The van der Waals surface area contributed by atoms with Crippen molar-refractivity contribution in [1.82, 2.24) is 0 Å². The molecule has 1 fully saturated rings. The van der Waals surface area contributed by atoms with Gasteiger partial charge in [0.05, 0.1) is 17.1 Å². The van der Waals surface area contributed by atoms with Crippen LogP contribution in [-0.2, 0) is 4.74 Å². The summed E-state index contributed by atoms with van der Waals surface area (Å²) in [6, 6.07) is 6.19. The second-order valence-corrected chi connectivity index (χ2v) is 3.70. The van der Waals surface area contributed by atoms with E-state index in [-0.39, 0.29) is 11.8 Å². The van der Waals surface area contributed by atoms with E-state index in [2.05, 4.69) is 0 Å². The lowest BCUT2D eigenvalue weighted by molar-refractivity contribution is -0.384. The first kappa shape index (κ1) is 10.9. The van der Waals surface area contributed by atoms with Crippen molar-refractivity contribution < 1.29 is 14.4 Å². The highest BCUT2D eigenvalue weighted by molar-refractivity contribution is 5.37. The van der Waals surface area contributed by atoms with Gasteiger partial charge >= 0.3 is 0 Å². The van der Waals surface area contributed by atoms with Gasteiger partial charge in [0.15, 0.2) is 0 Å². The van der Waals surface area contributed by atoms with Gasteiger partial charge in [-0.25, -0.2) is 0 Å². The Morgan fingerprint density at radius 1 is 1.56 bits per heavy atom. The van der Waals surface area contributed by atoms with Gasteiger partial charge in [-0.1, -0.05) is 6.07 Å². The molecule has 5 nitrogen and oxygen atoms in total. The number of nitro groups is 1. The van der Waals surface area contributed by atoms with E-state index in [4.69, 9.17) is 9.47 Å². The second kappa shape index (κ2) is 4.94. The van der Waals surface area contributed by atoms with Crippen molar-refractivity contribution in [3.05, 3.63) is 34.4 Å². The summed E-state index contributed by atoms with van der Waals surface area (Å²) in [4.78, 5) is 10.1. The van der Waals surface area contributed by atoms with Crippen LogP contribution in [0.25, 0.3) is 0 Å². The minimum absolute atomic E-state index is 0.0461. The van der Waals surface area contributed by atoms with Crippen LogP contribution in [0.15, 0.2) is 24.3 Å². The van der Waals surface area contributed by atoms with Gasteiger partial charge in [-0.2, -0.15) is 0 Å². The monoisotopic (exact) mass is 223 g/mol. The molecular formula is C11H13NO4. The summed E-state index contributed by atoms with van der Waals surface area (Å²) in [5.74, 6) is 0.518. The Morgan fingerprint density at radius 2 is 2.44 bits per heavy atom. The second-order valence-electron chi connectivity index (χ2n) is 3.70. The van der Waals surface area contributed by atoms with Crippen molar-refractivity contribution >= 4 is 5.69 Å². The molecule has 1 atom stereocenters. The third-order valence-corrected chi connectivity index (χ3v) is 2.49. The zero-order valence-corrected chi connectivity index (χ0v) is 8.80. The molecule has 1 unspecified atom stereocenters. The maximum absolute atomic E-state index is 10.5. The lowest BCUT2D eigenvalue weighted by Gasteiger charge is -2.10. The summed E-state index contributed by atoms with van der Waals surface area (Å²) < 4.78 is 10.8. The quantitative estimate of drug-likeness (QED) is 0.579. The first-order valence-corrected chi connectivity index (χ1v) is 5.24. The molecule has 0 amide bonds. The highest BCUT2D eigenvalue weighted by Crippen LogP contribution is 2.20. The summed E-state index contributed by atoms with van der Waals surface area (Å²) in [5, 5.41) is 10.5. The number of hydrogen-bond donors (Lipinski definition) is 0. The number of nitro benzene ring substituents is 1. The lowest BCUT2D eigenvalue weighted by Crippen LogP contribution is -2.16. The maximum Gasteiger partial charge on any atom is 0.273 e. The van der Waals surface area contributed by atoms with Crippen molar-refractivity contribution in [3.8, 4) is 5.75 Å². The molecule has 1 aliphatic rings. The minimum atomic E-state index is -0.432. The van der Waals surface area contributed by atoms with Gasteiger partial charge in [0.1, 0.15) is 12.4 Å². The summed E-state index contributed by atoms with van der Waals surface area (Å²) in [5.41, 5.74) is 0.0461. The van der Waals surface area contributed by atoms with Gasteiger partial charge in [0.25, 0.3) is 5.69 Å². The molecule has 1 saturated heterocycles. The Balaban J connectivity index is 1.93. The van der Waals surface area contributed by atoms with Gasteiger partial charge < -0.3 is 9.47 Å². The van der Waals surface area contributed by atoms with Crippen LogP contribution >= 0.6 is 0 Å². The van der Waals surface area contributed by atoms with Gasteiger partial charge in [-0.15, -0.1) is 0 Å². The van der Waals surface area contributed by atoms with E-state index < -0.39 is 4.92 Å². The average Bonchev–Trinajstić information content (AvgIpc) is 2.79. The number of rotatable bonds is 4. The summed E-state index contributed by atoms with van der Waals surface area (Å²) in [7, 11) is 0. The van der Waals surface area contributed by atoms with Crippen molar-refractivity contribution in [2.75, 3.05) is 13.2 Å². The molecule has 0 aromatic heterocycles. The van der Waals surface area contributed by atoms with Crippen molar-refractivity contribution in [1.29, 1.82) is 0 Å².